The normalized spacial score (nSPS) is 20.4. The molecular formula is C14H18FNO. The van der Waals surface area contributed by atoms with Crippen molar-refractivity contribution in [2.24, 2.45) is 5.92 Å². The summed E-state index contributed by atoms with van der Waals surface area (Å²) in [6, 6.07) is 6.70. The molecule has 1 aromatic rings. The highest BCUT2D eigenvalue weighted by Crippen LogP contribution is 2.24. The van der Waals surface area contributed by atoms with Crippen molar-refractivity contribution in [3.8, 4) is 0 Å². The van der Waals surface area contributed by atoms with Crippen LogP contribution in [0.2, 0.25) is 0 Å². The van der Waals surface area contributed by atoms with Crippen LogP contribution in [-0.4, -0.2) is 19.4 Å². The van der Waals surface area contributed by atoms with E-state index in [1.807, 2.05) is 18.0 Å². The van der Waals surface area contributed by atoms with Crippen LogP contribution in [0.4, 0.5) is 10.1 Å². The maximum atomic E-state index is 13.6. The third-order valence-electron chi connectivity index (χ3n) is 3.44. The number of rotatable bonds is 3. The van der Waals surface area contributed by atoms with E-state index in [9.17, 15) is 9.18 Å². The van der Waals surface area contributed by atoms with Gasteiger partial charge in [0.15, 0.2) is 0 Å². The molecule has 1 unspecified atom stereocenters. The molecule has 2 nitrogen and oxygen atoms in total. The largest absolute Gasteiger partial charge is 0.372 e. The minimum Gasteiger partial charge on any atom is -0.372 e. The molecule has 0 spiro atoms. The summed E-state index contributed by atoms with van der Waals surface area (Å²) in [6.07, 6.45) is 3.76. The van der Waals surface area contributed by atoms with Crippen LogP contribution in [0.15, 0.2) is 24.3 Å². The number of Topliss-reactive ketones (excluding diaryl/α,β-unsaturated/α-hetero) is 1. The fourth-order valence-corrected chi connectivity index (χ4v) is 2.44. The summed E-state index contributed by atoms with van der Waals surface area (Å²) in [5.74, 6) is 0.186. The van der Waals surface area contributed by atoms with E-state index in [-0.39, 0.29) is 11.7 Å². The van der Waals surface area contributed by atoms with Gasteiger partial charge in [-0.3, -0.25) is 4.79 Å². The number of nitrogens with zero attached hydrogens (tertiary/aromatic N) is 1. The zero-order valence-electron chi connectivity index (χ0n) is 10.2. The molecule has 1 aliphatic carbocycles. The molecule has 1 atom stereocenters. The van der Waals surface area contributed by atoms with Gasteiger partial charge in [-0.25, -0.2) is 4.39 Å². The van der Waals surface area contributed by atoms with Gasteiger partial charge in [0.25, 0.3) is 0 Å². The Morgan fingerprint density at radius 2 is 2.12 bits per heavy atom. The van der Waals surface area contributed by atoms with Gasteiger partial charge in [-0.05, 0) is 25.0 Å². The molecule has 0 saturated heterocycles. The van der Waals surface area contributed by atoms with E-state index in [1.54, 1.807) is 12.1 Å². The standard InChI is InChI=1S/C14H18FNO/c1-16(13-8-4-3-7-12(13)15)10-11-6-2-5-9-14(11)17/h3-4,7-8,11H,2,5-6,9-10H2,1H3. The fraction of sp³-hybridized carbons (Fsp3) is 0.500. The summed E-state index contributed by atoms with van der Waals surface area (Å²) in [5, 5.41) is 0. The predicted molar refractivity (Wildman–Crippen MR) is 66.6 cm³/mol. The van der Waals surface area contributed by atoms with Gasteiger partial charge >= 0.3 is 0 Å². The van der Waals surface area contributed by atoms with Gasteiger partial charge in [-0.2, -0.15) is 0 Å². The second-order valence-corrected chi connectivity index (χ2v) is 4.74. The van der Waals surface area contributed by atoms with Crippen LogP contribution < -0.4 is 4.90 Å². The van der Waals surface area contributed by atoms with Gasteiger partial charge < -0.3 is 4.90 Å². The molecular weight excluding hydrogens is 217 g/mol. The quantitative estimate of drug-likeness (QED) is 0.802. The first-order valence-corrected chi connectivity index (χ1v) is 6.17. The van der Waals surface area contributed by atoms with Gasteiger partial charge in [0.1, 0.15) is 11.6 Å². The Labute approximate surface area is 101 Å². The van der Waals surface area contributed by atoms with Crippen molar-refractivity contribution in [1.29, 1.82) is 0 Å². The SMILES string of the molecule is CN(CC1CCCCC1=O)c1ccccc1F. The molecule has 1 aromatic carbocycles. The van der Waals surface area contributed by atoms with Gasteiger partial charge in [-0.15, -0.1) is 0 Å². The molecule has 17 heavy (non-hydrogen) atoms. The van der Waals surface area contributed by atoms with E-state index in [1.165, 1.54) is 6.07 Å². The molecule has 0 amide bonds. The number of carbonyl (C=O) groups excluding carboxylic acids is 1. The van der Waals surface area contributed by atoms with Crippen LogP contribution in [0.5, 0.6) is 0 Å². The lowest BCUT2D eigenvalue weighted by Crippen LogP contribution is -2.32. The van der Waals surface area contributed by atoms with E-state index in [2.05, 4.69) is 0 Å². The third kappa shape index (κ3) is 2.84. The molecule has 0 N–H and O–H groups in total. The molecule has 2 rings (SSSR count). The highest BCUT2D eigenvalue weighted by Gasteiger charge is 2.24. The van der Waals surface area contributed by atoms with Crippen LogP contribution in [0.3, 0.4) is 0 Å². The minimum atomic E-state index is -0.224. The average Bonchev–Trinajstić information content (AvgIpc) is 2.32. The third-order valence-corrected chi connectivity index (χ3v) is 3.44. The highest BCUT2D eigenvalue weighted by molar-refractivity contribution is 5.82. The zero-order chi connectivity index (χ0) is 12.3. The molecule has 0 bridgehead atoms. The summed E-state index contributed by atoms with van der Waals surface area (Å²) in [6.45, 7) is 0.625. The molecule has 1 aliphatic rings. The number of hydrogen-bond acceptors (Lipinski definition) is 2. The maximum absolute atomic E-state index is 13.6. The van der Waals surface area contributed by atoms with Crippen molar-refractivity contribution >= 4 is 11.5 Å². The number of para-hydroxylation sites is 1. The summed E-state index contributed by atoms with van der Waals surface area (Å²) >= 11 is 0. The lowest BCUT2D eigenvalue weighted by molar-refractivity contribution is -0.124. The minimum absolute atomic E-state index is 0.0772. The van der Waals surface area contributed by atoms with Gasteiger partial charge in [0.05, 0.1) is 5.69 Å². The molecule has 1 fully saturated rings. The van der Waals surface area contributed by atoms with Gasteiger partial charge in [0.2, 0.25) is 0 Å². The van der Waals surface area contributed by atoms with Crippen LogP contribution >= 0.6 is 0 Å². The van der Waals surface area contributed by atoms with E-state index >= 15 is 0 Å². The summed E-state index contributed by atoms with van der Waals surface area (Å²) in [5.41, 5.74) is 0.575. The first kappa shape index (κ1) is 12.1. The van der Waals surface area contributed by atoms with Crippen molar-refractivity contribution in [3.05, 3.63) is 30.1 Å². The number of carbonyl (C=O) groups is 1. The summed E-state index contributed by atoms with van der Waals surface area (Å²) in [4.78, 5) is 13.6. The molecule has 92 valence electrons. The van der Waals surface area contributed by atoms with E-state index < -0.39 is 0 Å². The Bertz CT molecular complexity index is 405. The van der Waals surface area contributed by atoms with Crippen molar-refractivity contribution in [2.75, 3.05) is 18.5 Å². The van der Waals surface area contributed by atoms with Gasteiger partial charge in [-0.1, -0.05) is 18.6 Å². The van der Waals surface area contributed by atoms with Crippen LogP contribution in [0.25, 0.3) is 0 Å². The average molecular weight is 235 g/mol. The van der Waals surface area contributed by atoms with E-state index in [0.717, 1.165) is 19.3 Å². The van der Waals surface area contributed by atoms with E-state index in [0.29, 0.717) is 24.4 Å². The number of anilines is 1. The molecule has 1 saturated carbocycles. The number of halogens is 1. The topological polar surface area (TPSA) is 20.3 Å². The monoisotopic (exact) mass is 235 g/mol. The molecule has 3 heteroatoms. The number of ketones is 1. The Morgan fingerprint density at radius 1 is 1.35 bits per heavy atom. The zero-order valence-corrected chi connectivity index (χ0v) is 10.2. The first-order valence-electron chi connectivity index (χ1n) is 6.17. The van der Waals surface area contributed by atoms with Crippen LogP contribution in [0.1, 0.15) is 25.7 Å². The Kier molecular flexibility index (Phi) is 3.77. The maximum Gasteiger partial charge on any atom is 0.146 e. The Balaban J connectivity index is 2.03. The van der Waals surface area contributed by atoms with Crippen LogP contribution in [-0.2, 0) is 4.79 Å². The second-order valence-electron chi connectivity index (χ2n) is 4.74. The van der Waals surface area contributed by atoms with Crippen molar-refractivity contribution in [1.82, 2.24) is 0 Å². The van der Waals surface area contributed by atoms with Gasteiger partial charge in [0, 0.05) is 25.9 Å². The number of benzene rings is 1. The number of hydrogen-bond donors (Lipinski definition) is 0. The lowest BCUT2D eigenvalue weighted by atomic mass is 9.87. The second kappa shape index (κ2) is 5.30. The van der Waals surface area contributed by atoms with E-state index in [4.69, 9.17) is 0 Å². The Hall–Kier alpha value is -1.38. The fourth-order valence-electron chi connectivity index (χ4n) is 2.44. The molecule has 0 aliphatic heterocycles. The van der Waals surface area contributed by atoms with Crippen molar-refractivity contribution < 1.29 is 9.18 Å². The summed E-state index contributed by atoms with van der Waals surface area (Å²) < 4.78 is 13.6. The predicted octanol–water partition coefficient (Wildman–Crippen LogP) is 3.02. The molecule has 0 radical (unpaired) electrons. The molecule has 0 heterocycles. The highest BCUT2D eigenvalue weighted by atomic mass is 19.1. The first-order chi connectivity index (χ1) is 8.18. The van der Waals surface area contributed by atoms with Crippen molar-refractivity contribution in [3.63, 3.8) is 0 Å². The summed E-state index contributed by atoms with van der Waals surface area (Å²) in [7, 11) is 1.85. The Morgan fingerprint density at radius 3 is 2.82 bits per heavy atom. The van der Waals surface area contributed by atoms with Crippen molar-refractivity contribution in [2.45, 2.75) is 25.7 Å². The van der Waals surface area contributed by atoms with Crippen LogP contribution in [0, 0.1) is 11.7 Å². The lowest BCUT2D eigenvalue weighted by Gasteiger charge is -2.27. The molecule has 0 aromatic heterocycles. The smallest absolute Gasteiger partial charge is 0.146 e.